The first-order valence-corrected chi connectivity index (χ1v) is 11.8. The lowest BCUT2D eigenvalue weighted by molar-refractivity contribution is -0.137. The average Bonchev–Trinajstić information content (AvgIpc) is 3.31. The van der Waals surface area contributed by atoms with Crippen molar-refractivity contribution < 1.29 is 26.8 Å². The third-order valence-electron chi connectivity index (χ3n) is 6.32. The van der Waals surface area contributed by atoms with Gasteiger partial charge in [0.25, 0.3) is 5.91 Å². The summed E-state index contributed by atoms with van der Waals surface area (Å²) in [5.74, 6) is -0.0654. The number of hydrogen-bond donors (Lipinski definition) is 1. The zero-order chi connectivity index (χ0) is 24.8. The summed E-state index contributed by atoms with van der Waals surface area (Å²) in [6, 6.07) is 15.0. The standard InChI is InChI=1S/C27H28F4N2O2/c28-22-9-5-7-20(15-22)17-33(23-10-2-1-3-11-23)18-24-12-13-25(35-24)26(34)32-16-19-6-4-8-21(14-19)27(29,30)31/h4-9,12-15,23H,1-3,10-11,16-18H2,(H,32,34). The summed E-state index contributed by atoms with van der Waals surface area (Å²) < 4.78 is 58.2. The minimum Gasteiger partial charge on any atom is -0.455 e. The van der Waals surface area contributed by atoms with Gasteiger partial charge in [0.2, 0.25) is 0 Å². The van der Waals surface area contributed by atoms with E-state index in [-0.39, 0.29) is 18.1 Å². The molecular weight excluding hydrogens is 460 g/mol. The normalized spacial score (nSPS) is 14.9. The highest BCUT2D eigenvalue weighted by molar-refractivity contribution is 5.91. The van der Waals surface area contributed by atoms with Crippen LogP contribution >= 0.6 is 0 Å². The van der Waals surface area contributed by atoms with Crippen molar-refractivity contribution in [2.75, 3.05) is 0 Å². The minimum atomic E-state index is -4.44. The fourth-order valence-electron chi connectivity index (χ4n) is 4.54. The number of halogens is 4. The Kier molecular flexibility index (Phi) is 7.90. The number of amides is 1. The lowest BCUT2D eigenvalue weighted by Crippen LogP contribution is -2.35. The SMILES string of the molecule is O=C(NCc1cccc(C(F)(F)F)c1)c1ccc(CN(Cc2cccc(F)c2)C2CCCCC2)o1. The quantitative estimate of drug-likeness (QED) is 0.359. The molecule has 1 saturated carbocycles. The number of furan rings is 1. The third kappa shape index (κ3) is 6.94. The van der Waals surface area contributed by atoms with Gasteiger partial charge in [-0.05, 0) is 60.4 Å². The number of hydrogen-bond acceptors (Lipinski definition) is 3. The number of rotatable bonds is 8. The van der Waals surface area contributed by atoms with E-state index in [2.05, 4.69) is 10.2 Å². The Morgan fingerprint density at radius 3 is 2.43 bits per heavy atom. The van der Waals surface area contributed by atoms with Gasteiger partial charge in [-0.25, -0.2) is 4.39 Å². The predicted molar refractivity (Wildman–Crippen MR) is 124 cm³/mol. The molecule has 0 aliphatic heterocycles. The number of benzene rings is 2. The topological polar surface area (TPSA) is 45.5 Å². The average molecular weight is 489 g/mol. The molecule has 1 N–H and O–H groups in total. The van der Waals surface area contributed by atoms with Crippen LogP contribution in [-0.2, 0) is 25.8 Å². The number of nitrogens with one attached hydrogen (secondary N) is 1. The van der Waals surface area contributed by atoms with Crippen molar-refractivity contribution in [2.45, 2.75) is 64.0 Å². The van der Waals surface area contributed by atoms with E-state index < -0.39 is 17.6 Å². The third-order valence-corrected chi connectivity index (χ3v) is 6.32. The molecule has 0 atom stereocenters. The summed E-state index contributed by atoms with van der Waals surface area (Å²) in [4.78, 5) is 14.8. The fourth-order valence-corrected chi connectivity index (χ4v) is 4.54. The molecule has 1 fully saturated rings. The van der Waals surface area contributed by atoms with Crippen molar-refractivity contribution in [3.8, 4) is 0 Å². The summed E-state index contributed by atoms with van der Waals surface area (Å²) in [5.41, 5.74) is 0.463. The Hall–Kier alpha value is -3.13. The Morgan fingerprint density at radius 2 is 1.69 bits per heavy atom. The van der Waals surface area contributed by atoms with Crippen LogP contribution < -0.4 is 5.32 Å². The van der Waals surface area contributed by atoms with Crippen LogP contribution in [0.2, 0.25) is 0 Å². The lowest BCUT2D eigenvalue weighted by atomic mass is 9.93. The Balaban J connectivity index is 1.40. The summed E-state index contributed by atoms with van der Waals surface area (Å²) >= 11 is 0. The molecule has 1 aliphatic rings. The molecule has 8 heteroatoms. The molecule has 0 radical (unpaired) electrons. The van der Waals surface area contributed by atoms with Gasteiger partial charge in [0.05, 0.1) is 12.1 Å². The van der Waals surface area contributed by atoms with Gasteiger partial charge in [-0.1, -0.05) is 43.5 Å². The molecule has 0 bridgehead atoms. The molecule has 1 amide bonds. The van der Waals surface area contributed by atoms with Crippen molar-refractivity contribution >= 4 is 5.91 Å². The number of carbonyl (C=O) groups is 1. The van der Waals surface area contributed by atoms with E-state index in [0.717, 1.165) is 43.4 Å². The van der Waals surface area contributed by atoms with Crippen molar-refractivity contribution in [1.29, 1.82) is 0 Å². The first-order chi connectivity index (χ1) is 16.8. The molecule has 1 aromatic heterocycles. The maximum absolute atomic E-state index is 13.7. The summed E-state index contributed by atoms with van der Waals surface area (Å²) in [6.07, 6.45) is 1.17. The van der Waals surface area contributed by atoms with Gasteiger partial charge in [0.15, 0.2) is 5.76 Å². The van der Waals surface area contributed by atoms with Crippen molar-refractivity contribution in [1.82, 2.24) is 10.2 Å². The molecular formula is C27H28F4N2O2. The monoisotopic (exact) mass is 488 g/mol. The Morgan fingerprint density at radius 1 is 0.943 bits per heavy atom. The van der Waals surface area contributed by atoms with Gasteiger partial charge in [-0.2, -0.15) is 13.2 Å². The molecule has 0 saturated heterocycles. The second-order valence-corrected chi connectivity index (χ2v) is 8.97. The van der Waals surface area contributed by atoms with E-state index in [4.69, 9.17) is 4.42 Å². The highest BCUT2D eigenvalue weighted by Gasteiger charge is 2.30. The number of alkyl halides is 3. The Labute approximate surface area is 201 Å². The molecule has 0 unspecified atom stereocenters. The van der Waals surface area contributed by atoms with Gasteiger partial charge in [-0.3, -0.25) is 9.69 Å². The van der Waals surface area contributed by atoms with Crippen LogP contribution in [-0.4, -0.2) is 16.8 Å². The van der Waals surface area contributed by atoms with Crippen molar-refractivity contribution in [3.05, 3.63) is 94.7 Å². The van der Waals surface area contributed by atoms with Crippen LogP contribution in [0.15, 0.2) is 65.1 Å². The molecule has 35 heavy (non-hydrogen) atoms. The first-order valence-electron chi connectivity index (χ1n) is 11.8. The zero-order valence-electron chi connectivity index (χ0n) is 19.3. The second kappa shape index (κ2) is 11.1. The zero-order valence-corrected chi connectivity index (χ0v) is 19.3. The highest BCUT2D eigenvalue weighted by Crippen LogP contribution is 2.30. The van der Waals surface area contributed by atoms with E-state index in [1.165, 1.54) is 30.7 Å². The van der Waals surface area contributed by atoms with Crippen molar-refractivity contribution in [2.24, 2.45) is 0 Å². The number of carbonyl (C=O) groups excluding carboxylic acids is 1. The van der Waals surface area contributed by atoms with E-state index in [0.29, 0.717) is 30.5 Å². The van der Waals surface area contributed by atoms with E-state index in [9.17, 15) is 22.4 Å². The summed E-state index contributed by atoms with van der Waals surface area (Å²) in [5, 5.41) is 2.61. The minimum absolute atomic E-state index is 0.0491. The molecule has 1 aliphatic carbocycles. The maximum atomic E-state index is 13.7. The second-order valence-electron chi connectivity index (χ2n) is 8.97. The van der Waals surface area contributed by atoms with Crippen LogP contribution in [0.3, 0.4) is 0 Å². The molecule has 4 nitrogen and oxygen atoms in total. The van der Waals surface area contributed by atoms with Crippen LogP contribution in [0.5, 0.6) is 0 Å². The van der Waals surface area contributed by atoms with Crippen LogP contribution in [0, 0.1) is 5.82 Å². The maximum Gasteiger partial charge on any atom is 0.416 e. The molecule has 0 spiro atoms. The van der Waals surface area contributed by atoms with Crippen LogP contribution in [0.1, 0.15) is 65.1 Å². The van der Waals surface area contributed by atoms with Gasteiger partial charge in [0, 0.05) is 19.1 Å². The highest BCUT2D eigenvalue weighted by atomic mass is 19.4. The smallest absolute Gasteiger partial charge is 0.416 e. The molecule has 2 aromatic carbocycles. The first kappa shape index (κ1) is 25.0. The van der Waals surface area contributed by atoms with Gasteiger partial charge in [0.1, 0.15) is 11.6 Å². The largest absolute Gasteiger partial charge is 0.455 e. The van der Waals surface area contributed by atoms with E-state index >= 15 is 0 Å². The number of nitrogens with zero attached hydrogens (tertiary/aromatic N) is 1. The van der Waals surface area contributed by atoms with Crippen LogP contribution in [0.25, 0.3) is 0 Å². The fraction of sp³-hybridized carbons (Fsp3) is 0.370. The summed E-state index contributed by atoms with van der Waals surface area (Å²) in [6.45, 7) is 0.995. The van der Waals surface area contributed by atoms with Crippen molar-refractivity contribution in [3.63, 3.8) is 0 Å². The molecule has 4 rings (SSSR count). The molecule has 1 heterocycles. The van der Waals surface area contributed by atoms with Crippen LogP contribution in [0.4, 0.5) is 17.6 Å². The van der Waals surface area contributed by atoms with E-state index in [1.807, 2.05) is 6.07 Å². The van der Waals surface area contributed by atoms with Gasteiger partial charge < -0.3 is 9.73 Å². The van der Waals surface area contributed by atoms with Gasteiger partial charge >= 0.3 is 6.18 Å². The predicted octanol–water partition coefficient (Wildman–Crippen LogP) is 6.70. The summed E-state index contributed by atoms with van der Waals surface area (Å²) in [7, 11) is 0. The van der Waals surface area contributed by atoms with E-state index in [1.54, 1.807) is 18.2 Å². The molecule has 3 aromatic rings. The Bertz CT molecular complexity index is 1140. The van der Waals surface area contributed by atoms with Gasteiger partial charge in [-0.15, -0.1) is 0 Å². The molecule has 186 valence electrons. The lowest BCUT2D eigenvalue weighted by Gasteiger charge is -2.34.